The minimum absolute atomic E-state index is 0.0143. The molecular weight excluding hydrogens is 691 g/mol. The highest BCUT2D eigenvalue weighted by Gasteiger charge is 2.45. The number of benzene rings is 8. The van der Waals surface area contributed by atoms with Gasteiger partial charge >= 0.3 is 0 Å². The van der Waals surface area contributed by atoms with Crippen LogP contribution in [0, 0.1) is 0 Å². The first-order valence-electron chi connectivity index (χ1n) is 20.4. The van der Waals surface area contributed by atoms with Gasteiger partial charge in [-0.05, 0) is 115 Å². The molecule has 1 aliphatic heterocycles. The lowest BCUT2D eigenvalue weighted by Crippen LogP contribution is -2.35. The van der Waals surface area contributed by atoms with Gasteiger partial charge in [0.25, 0.3) is 0 Å². The summed E-state index contributed by atoms with van der Waals surface area (Å²) in [5, 5.41) is 15.5. The molecule has 3 nitrogen and oxygen atoms in total. The average Bonchev–Trinajstić information content (AvgIpc) is 3.71. The second-order valence-corrected chi connectivity index (χ2v) is 16.5. The Morgan fingerprint density at radius 1 is 0.579 bits per heavy atom. The van der Waals surface area contributed by atoms with E-state index in [1.807, 2.05) is 7.05 Å². The number of fused-ring (bicyclic) bond motifs is 12. The van der Waals surface area contributed by atoms with Gasteiger partial charge in [-0.15, -0.1) is 0 Å². The lowest BCUT2D eigenvalue weighted by atomic mass is 9.76. The zero-order chi connectivity index (χ0) is 38.3. The molecule has 11 rings (SSSR count). The van der Waals surface area contributed by atoms with Crippen LogP contribution in [0.5, 0.6) is 0 Å². The first-order valence-corrected chi connectivity index (χ1v) is 20.4. The van der Waals surface area contributed by atoms with E-state index < -0.39 is 0 Å². The van der Waals surface area contributed by atoms with E-state index in [0.717, 1.165) is 6.42 Å². The highest BCUT2D eigenvalue weighted by molar-refractivity contribution is 6.27. The SMILES string of the molecule is CNC(NC(c1ccccc1)c1ccc(N2C3=CC4=C(CC3c3c2ccc2c5ccccc5c5ccccc5c32)c2ccccc2C4(C)C)cc1)c1ccccc1. The van der Waals surface area contributed by atoms with Crippen molar-refractivity contribution in [3.05, 3.63) is 221 Å². The molecule has 1 heterocycles. The van der Waals surface area contributed by atoms with Gasteiger partial charge in [-0.3, -0.25) is 5.32 Å². The summed E-state index contributed by atoms with van der Waals surface area (Å²) < 4.78 is 0. The Balaban J connectivity index is 1.10. The van der Waals surface area contributed by atoms with E-state index in [1.165, 1.54) is 93.9 Å². The summed E-state index contributed by atoms with van der Waals surface area (Å²) in [6.07, 6.45) is 3.53. The monoisotopic (exact) mass is 735 g/mol. The number of hydrogen-bond donors (Lipinski definition) is 2. The molecule has 0 fully saturated rings. The van der Waals surface area contributed by atoms with Crippen molar-refractivity contribution in [1.82, 2.24) is 10.6 Å². The van der Waals surface area contributed by atoms with Crippen molar-refractivity contribution in [2.24, 2.45) is 0 Å². The van der Waals surface area contributed by atoms with Gasteiger partial charge in [-0.2, -0.15) is 0 Å². The van der Waals surface area contributed by atoms with Crippen molar-refractivity contribution >= 4 is 49.3 Å². The van der Waals surface area contributed by atoms with Crippen molar-refractivity contribution in [3.8, 4) is 0 Å². The maximum atomic E-state index is 3.95. The molecule has 3 heteroatoms. The molecule has 2 aliphatic carbocycles. The van der Waals surface area contributed by atoms with Crippen LogP contribution in [0.4, 0.5) is 11.4 Å². The van der Waals surface area contributed by atoms with E-state index in [2.05, 4.69) is 205 Å². The van der Waals surface area contributed by atoms with Crippen molar-refractivity contribution in [2.45, 2.75) is 43.8 Å². The average molecular weight is 736 g/mol. The molecule has 0 spiro atoms. The van der Waals surface area contributed by atoms with Crippen LogP contribution in [-0.2, 0) is 5.41 Å². The van der Waals surface area contributed by atoms with Gasteiger partial charge in [0.2, 0.25) is 0 Å². The minimum Gasteiger partial charge on any atom is -0.313 e. The number of allylic oxidation sites excluding steroid dienone is 4. The second-order valence-electron chi connectivity index (χ2n) is 16.5. The molecule has 3 atom stereocenters. The molecule has 0 aromatic heterocycles. The number of nitrogens with zero attached hydrogens (tertiary/aromatic N) is 1. The van der Waals surface area contributed by atoms with E-state index >= 15 is 0 Å². The van der Waals surface area contributed by atoms with Gasteiger partial charge < -0.3 is 10.2 Å². The third-order valence-electron chi connectivity index (χ3n) is 13.1. The highest BCUT2D eigenvalue weighted by atomic mass is 15.2. The molecule has 0 saturated carbocycles. The molecular formula is C54H45N3. The molecule has 276 valence electrons. The summed E-state index contributed by atoms with van der Waals surface area (Å²) in [6.45, 7) is 4.82. The van der Waals surface area contributed by atoms with Gasteiger partial charge in [0.05, 0.1) is 17.9 Å². The summed E-state index contributed by atoms with van der Waals surface area (Å²) in [5.41, 5.74) is 14.7. The third-order valence-corrected chi connectivity index (χ3v) is 13.1. The number of hydrogen-bond acceptors (Lipinski definition) is 3. The van der Waals surface area contributed by atoms with Gasteiger partial charge in [-0.1, -0.05) is 166 Å². The van der Waals surface area contributed by atoms with Crippen molar-refractivity contribution < 1.29 is 0 Å². The Bertz CT molecular complexity index is 2890. The summed E-state index contributed by atoms with van der Waals surface area (Å²) in [6, 6.07) is 62.7. The Kier molecular flexibility index (Phi) is 7.86. The maximum Gasteiger partial charge on any atom is 0.0840 e. The fraction of sp³-hybridized carbons (Fsp3) is 0.148. The highest BCUT2D eigenvalue weighted by Crippen LogP contribution is 2.61. The predicted octanol–water partition coefficient (Wildman–Crippen LogP) is 13.0. The van der Waals surface area contributed by atoms with Crippen molar-refractivity contribution in [2.75, 3.05) is 11.9 Å². The molecule has 0 bridgehead atoms. The normalized spacial score (nSPS) is 17.6. The maximum absolute atomic E-state index is 3.95. The fourth-order valence-corrected chi connectivity index (χ4v) is 10.5. The van der Waals surface area contributed by atoms with Crippen LogP contribution < -0.4 is 15.5 Å². The number of rotatable bonds is 7. The zero-order valence-corrected chi connectivity index (χ0v) is 32.6. The molecule has 8 aromatic carbocycles. The summed E-state index contributed by atoms with van der Waals surface area (Å²) in [7, 11) is 2.02. The smallest absolute Gasteiger partial charge is 0.0840 e. The van der Waals surface area contributed by atoms with Crippen LogP contribution >= 0.6 is 0 Å². The van der Waals surface area contributed by atoms with Crippen LogP contribution in [0.15, 0.2) is 187 Å². The Morgan fingerprint density at radius 2 is 1.14 bits per heavy atom. The van der Waals surface area contributed by atoms with Gasteiger partial charge in [-0.25, -0.2) is 0 Å². The number of anilines is 2. The van der Waals surface area contributed by atoms with Crippen molar-refractivity contribution in [3.63, 3.8) is 0 Å². The Morgan fingerprint density at radius 3 is 1.82 bits per heavy atom. The van der Waals surface area contributed by atoms with Crippen LogP contribution in [0.3, 0.4) is 0 Å². The van der Waals surface area contributed by atoms with E-state index in [-0.39, 0.29) is 23.5 Å². The van der Waals surface area contributed by atoms with Crippen LogP contribution in [-0.4, -0.2) is 7.05 Å². The Labute approximate surface area is 335 Å². The van der Waals surface area contributed by atoms with E-state index in [0.29, 0.717) is 0 Å². The van der Waals surface area contributed by atoms with E-state index in [1.54, 1.807) is 0 Å². The number of nitrogens with one attached hydrogen (secondary N) is 2. The lowest BCUT2D eigenvalue weighted by Gasteiger charge is -2.31. The quantitative estimate of drug-likeness (QED) is 0.126. The second kappa shape index (κ2) is 13.2. The summed E-state index contributed by atoms with van der Waals surface area (Å²) in [5.74, 6) is 0.217. The fourth-order valence-electron chi connectivity index (χ4n) is 10.5. The minimum atomic E-state index is -0.0731. The zero-order valence-electron chi connectivity index (χ0n) is 32.6. The first kappa shape index (κ1) is 34.0. The summed E-state index contributed by atoms with van der Waals surface area (Å²) in [4.78, 5) is 2.58. The molecule has 3 aliphatic rings. The van der Waals surface area contributed by atoms with E-state index in [4.69, 9.17) is 0 Å². The lowest BCUT2D eigenvalue weighted by molar-refractivity contribution is 0.436. The van der Waals surface area contributed by atoms with Gasteiger partial charge in [0.1, 0.15) is 0 Å². The molecule has 3 unspecified atom stereocenters. The van der Waals surface area contributed by atoms with Gasteiger partial charge in [0.15, 0.2) is 0 Å². The largest absolute Gasteiger partial charge is 0.313 e. The Hall–Kier alpha value is -6.26. The predicted molar refractivity (Wildman–Crippen MR) is 239 cm³/mol. The standard InChI is InChI=1S/C54H45N3/c1-54(2)46-25-15-14-23-41(46)44-32-45-49(33-47(44)54)57(48-31-30-43-40-22-11-10-20-38(40)39-21-12-13-24-42(39)50(43)51(45)48)37-28-26-35(27-29-37)52(34-16-6-4-7-17-34)56-53(55-3)36-18-8-5-9-19-36/h4-31,33,45,52-53,55-56H,32H2,1-3H3. The molecule has 0 saturated heterocycles. The topological polar surface area (TPSA) is 27.3 Å². The van der Waals surface area contributed by atoms with Crippen LogP contribution in [0.1, 0.15) is 71.8 Å². The van der Waals surface area contributed by atoms with Crippen molar-refractivity contribution in [1.29, 1.82) is 0 Å². The molecule has 57 heavy (non-hydrogen) atoms. The third kappa shape index (κ3) is 5.19. The van der Waals surface area contributed by atoms with E-state index in [9.17, 15) is 0 Å². The molecule has 0 radical (unpaired) electrons. The molecule has 2 N–H and O–H groups in total. The van der Waals surface area contributed by atoms with Gasteiger partial charge in [0, 0.05) is 22.7 Å². The first-order chi connectivity index (χ1) is 28.0. The van der Waals surface area contributed by atoms with Crippen LogP contribution in [0.25, 0.3) is 37.9 Å². The molecule has 8 aromatic rings. The van der Waals surface area contributed by atoms with Crippen LogP contribution in [0.2, 0.25) is 0 Å². The summed E-state index contributed by atoms with van der Waals surface area (Å²) >= 11 is 0. The molecule has 0 amide bonds.